The molecule has 0 heterocycles. The van der Waals surface area contributed by atoms with Gasteiger partial charge in [-0.3, -0.25) is 0 Å². The Bertz CT molecular complexity index is 312. The van der Waals surface area contributed by atoms with Crippen LogP contribution in [0.15, 0.2) is 22.7 Å². The normalized spacial score (nSPS) is 13.2. The zero-order chi connectivity index (χ0) is 10.7. The fourth-order valence-corrected chi connectivity index (χ4v) is 1.81. The second kappa shape index (κ2) is 4.80. The maximum absolute atomic E-state index is 9.66. The van der Waals surface area contributed by atoms with Crippen LogP contribution in [-0.2, 0) is 0 Å². The number of phenolic OH excluding ortho intramolecular Hbond substituents is 1. The molecule has 2 nitrogen and oxygen atoms in total. The molecule has 78 valence electrons. The molecule has 1 aromatic carbocycles. The molecule has 0 saturated heterocycles. The van der Waals surface area contributed by atoms with E-state index in [0.29, 0.717) is 5.92 Å². The Morgan fingerprint density at radius 3 is 2.57 bits per heavy atom. The summed E-state index contributed by atoms with van der Waals surface area (Å²) < 4.78 is 0.871. The Morgan fingerprint density at radius 2 is 2.07 bits per heavy atom. The first kappa shape index (κ1) is 11.5. The van der Waals surface area contributed by atoms with Crippen LogP contribution in [0.25, 0.3) is 0 Å². The first-order valence-electron chi connectivity index (χ1n) is 4.74. The highest BCUT2D eigenvalue weighted by atomic mass is 79.9. The second-order valence-electron chi connectivity index (χ2n) is 3.94. The van der Waals surface area contributed by atoms with Gasteiger partial charge in [-0.25, -0.2) is 0 Å². The molecule has 0 spiro atoms. The monoisotopic (exact) mass is 257 g/mol. The smallest absolute Gasteiger partial charge is 0.121 e. The van der Waals surface area contributed by atoms with E-state index in [4.69, 9.17) is 5.73 Å². The lowest BCUT2D eigenvalue weighted by Crippen LogP contribution is -2.12. The average Bonchev–Trinajstić information content (AvgIpc) is 2.01. The topological polar surface area (TPSA) is 46.2 Å². The van der Waals surface area contributed by atoms with Gasteiger partial charge in [-0.05, 0) is 24.5 Å². The van der Waals surface area contributed by atoms with Gasteiger partial charge < -0.3 is 10.8 Å². The third-order valence-corrected chi connectivity index (χ3v) is 2.61. The third-order valence-electron chi connectivity index (χ3n) is 2.12. The quantitative estimate of drug-likeness (QED) is 0.874. The van der Waals surface area contributed by atoms with Crippen molar-refractivity contribution < 1.29 is 5.11 Å². The van der Waals surface area contributed by atoms with Crippen molar-refractivity contribution in [3.63, 3.8) is 0 Å². The fourth-order valence-electron chi connectivity index (χ4n) is 1.47. The first-order chi connectivity index (χ1) is 6.50. The van der Waals surface area contributed by atoms with Gasteiger partial charge in [0.15, 0.2) is 0 Å². The standard InChI is InChI=1S/C11H16BrNO/c1-7(2)5-10(13)9-4-3-8(12)6-11(9)14/h3-4,6-7,10,14H,5,13H2,1-2H3/t10-/m1/s1. The summed E-state index contributed by atoms with van der Waals surface area (Å²) in [5.41, 5.74) is 6.79. The van der Waals surface area contributed by atoms with Gasteiger partial charge >= 0.3 is 0 Å². The van der Waals surface area contributed by atoms with Crippen molar-refractivity contribution in [2.45, 2.75) is 26.3 Å². The zero-order valence-corrected chi connectivity index (χ0v) is 10.1. The molecule has 0 fully saturated rings. The van der Waals surface area contributed by atoms with Crippen LogP contribution in [0.1, 0.15) is 31.9 Å². The lowest BCUT2D eigenvalue weighted by molar-refractivity contribution is 0.445. The SMILES string of the molecule is CC(C)C[C@@H](N)c1ccc(Br)cc1O. The predicted molar refractivity (Wildman–Crippen MR) is 62.2 cm³/mol. The van der Waals surface area contributed by atoms with E-state index in [1.54, 1.807) is 6.07 Å². The molecule has 3 N–H and O–H groups in total. The molecule has 0 saturated carbocycles. The molecule has 1 atom stereocenters. The van der Waals surface area contributed by atoms with E-state index in [1.165, 1.54) is 0 Å². The Kier molecular flexibility index (Phi) is 3.96. The average molecular weight is 258 g/mol. The van der Waals surface area contributed by atoms with Gasteiger partial charge in [-0.15, -0.1) is 0 Å². The third kappa shape index (κ3) is 3.00. The summed E-state index contributed by atoms with van der Waals surface area (Å²) >= 11 is 3.30. The van der Waals surface area contributed by atoms with Gasteiger partial charge in [0.1, 0.15) is 5.75 Å². The number of hydrogen-bond donors (Lipinski definition) is 2. The fraction of sp³-hybridized carbons (Fsp3) is 0.455. The highest BCUT2D eigenvalue weighted by Crippen LogP contribution is 2.29. The number of hydrogen-bond acceptors (Lipinski definition) is 2. The first-order valence-corrected chi connectivity index (χ1v) is 5.54. The minimum absolute atomic E-state index is 0.0805. The number of rotatable bonds is 3. The Hall–Kier alpha value is -0.540. The second-order valence-corrected chi connectivity index (χ2v) is 4.85. The lowest BCUT2D eigenvalue weighted by atomic mass is 9.97. The van der Waals surface area contributed by atoms with Gasteiger partial charge in [-0.2, -0.15) is 0 Å². The van der Waals surface area contributed by atoms with E-state index in [1.807, 2.05) is 12.1 Å². The van der Waals surface area contributed by atoms with Gasteiger partial charge in [-0.1, -0.05) is 35.8 Å². The number of aromatic hydroxyl groups is 1. The van der Waals surface area contributed by atoms with Crippen LogP contribution in [0.3, 0.4) is 0 Å². The maximum atomic E-state index is 9.66. The van der Waals surface area contributed by atoms with E-state index in [0.717, 1.165) is 16.5 Å². The molecular weight excluding hydrogens is 242 g/mol. The van der Waals surface area contributed by atoms with Crippen molar-refractivity contribution in [2.75, 3.05) is 0 Å². The molecule has 1 aromatic rings. The summed E-state index contributed by atoms with van der Waals surface area (Å²) in [5, 5.41) is 9.66. The van der Waals surface area contributed by atoms with Crippen LogP contribution >= 0.6 is 15.9 Å². The van der Waals surface area contributed by atoms with Crippen molar-refractivity contribution in [1.29, 1.82) is 0 Å². The van der Waals surface area contributed by atoms with Gasteiger partial charge in [0.25, 0.3) is 0 Å². The van der Waals surface area contributed by atoms with E-state index in [-0.39, 0.29) is 11.8 Å². The Balaban J connectivity index is 2.84. The van der Waals surface area contributed by atoms with Crippen molar-refractivity contribution in [2.24, 2.45) is 11.7 Å². The summed E-state index contributed by atoms with van der Waals surface area (Å²) in [5.74, 6) is 0.806. The zero-order valence-electron chi connectivity index (χ0n) is 8.50. The molecule has 1 rings (SSSR count). The molecule has 3 heteroatoms. The predicted octanol–water partition coefficient (Wildman–Crippen LogP) is 3.20. The van der Waals surface area contributed by atoms with Crippen LogP contribution in [0.4, 0.5) is 0 Å². The van der Waals surface area contributed by atoms with Crippen LogP contribution in [-0.4, -0.2) is 5.11 Å². The van der Waals surface area contributed by atoms with Crippen LogP contribution in [0, 0.1) is 5.92 Å². The number of phenols is 1. The Labute approximate surface area is 93.3 Å². The minimum atomic E-state index is -0.0805. The van der Waals surface area contributed by atoms with Crippen molar-refractivity contribution >= 4 is 15.9 Å². The summed E-state index contributed by atoms with van der Waals surface area (Å²) in [6.07, 6.45) is 0.884. The van der Waals surface area contributed by atoms with Crippen molar-refractivity contribution in [1.82, 2.24) is 0 Å². The number of halogens is 1. The molecule has 0 aliphatic rings. The van der Waals surface area contributed by atoms with Gasteiger partial charge in [0.05, 0.1) is 0 Å². The van der Waals surface area contributed by atoms with E-state index < -0.39 is 0 Å². The van der Waals surface area contributed by atoms with Crippen molar-refractivity contribution in [3.05, 3.63) is 28.2 Å². The number of benzene rings is 1. The van der Waals surface area contributed by atoms with Gasteiger partial charge in [0, 0.05) is 16.1 Å². The van der Waals surface area contributed by atoms with Crippen LogP contribution < -0.4 is 5.73 Å². The molecule has 0 bridgehead atoms. The molecule has 0 amide bonds. The minimum Gasteiger partial charge on any atom is -0.508 e. The molecular formula is C11H16BrNO. The van der Waals surface area contributed by atoms with E-state index >= 15 is 0 Å². The highest BCUT2D eigenvalue weighted by Gasteiger charge is 2.12. The number of nitrogens with two attached hydrogens (primary N) is 1. The van der Waals surface area contributed by atoms with E-state index in [2.05, 4.69) is 29.8 Å². The molecule has 0 aromatic heterocycles. The lowest BCUT2D eigenvalue weighted by Gasteiger charge is -2.15. The highest BCUT2D eigenvalue weighted by molar-refractivity contribution is 9.10. The maximum Gasteiger partial charge on any atom is 0.121 e. The summed E-state index contributed by atoms with van der Waals surface area (Å²) in [4.78, 5) is 0. The molecule has 0 aliphatic heterocycles. The molecule has 0 aliphatic carbocycles. The summed E-state index contributed by atoms with van der Waals surface area (Å²) in [6.45, 7) is 4.24. The van der Waals surface area contributed by atoms with Crippen LogP contribution in [0.5, 0.6) is 5.75 Å². The van der Waals surface area contributed by atoms with Crippen LogP contribution in [0.2, 0.25) is 0 Å². The largest absolute Gasteiger partial charge is 0.508 e. The summed E-state index contributed by atoms with van der Waals surface area (Å²) in [6, 6.07) is 5.36. The van der Waals surface area contributed by atoms with Gasteiger partial charge in [0.2, 0.25) is 0 Å². The Morgan fingerprint density at radius 1 is 1.43 bits per heavy atom. The van der Waals surface area contributed by atoms with E-state index in [9.17, 15) is 5.11 Å². The molecule has 0 radical (unpaired) electrons. The van der Waals surface area contributed by atoms with Crippen molar-refractivity contribution in [3.8, 4) is 5.75 Å². The summed E-state index contributed by atoms with van der Waals surface area (Å²) in [7, 11) is 0. The molecule has 0 unspecified atom stereocenters. The molecule has 14 heavy (non-hydrogen) atoms.